The summed E-state index contributed by atoms with van der Waals surface area (Å²) in [5.41, 5.74) is 5.32. The van der Waals surface area contributed by atoms with Crippen molar-refractivity contribution >= 4 is 16.8 Å². The summed E-state index contributed by atoms with van der Waals surface area (Å²) in [5.74, 6) is 2.46. The Morgan fingerprint density at radius 1 is 1.07 bits per heavy atom. The van der Waals surface area contributed by atoms with Gasteiger partial charge in [-0.1, -0.05) is 19.1 Å². The minimum absolute atomic E-state index is 0.745. The Labute approximate surface area is 170 Å². The van der Waals surface area contributed by atoms with Crippen LogP contribution in [0.25, 0.3) is 22.2 Å². The topological polar surface area (TPSA) is 60.2 Å². The number of hydrogen-bond donors (Lipinski definition) is 1. The zero-order valence-corrected chi connectivity index (χ0v) is 17.0. The fourth-order valence-electron chi connectivity index (χ4n) is 3.48. The van der Waals surface area contributed by atoms with Gasteiger partial charge in [-0.15, -0.1) is 0 Å². The molecule has 0 aliphatic rings. The second-order valence-corrected chi connectivity index (χ2v) is 7.04. The molecule has 2 aromatic carbocycles. The van der Waals surface area contributed by atoms with Crippen molar-refractivity contribution < 1.29 is 9.15 Å². The molecular formula is C24H25N3O2. The summed E-state index contributed by atoms with van der Waals surface area (Å²) in [6.45, 7) is 4.84. The van der Waals surface area contributed by atoms with Gasteiger partial charge in [-0.05, 0) is 61.2 Å². The van der Waals surface area contributed by atoms with Crippen LogP contribution in [-0.2, 0) is 12.8 Å². The van der Waals surface area contributed by atoms with Crippen LogP contribution in [0.15, 0.2) is 59.2 Å². The van der Waals surface area contributed by atoms with E-state index in [1.807, 2.05) is 43.5 Å². The molecule has 5 heteroatoms. The molecular weight excluding hydrogens is 362 g/mol. The Balaban J connectivity index is 1.53. The standard InChI is InChI=1S/C24H25N3O2/c1-4-18-15-29-23-9-8-19(13-21(18)23)22-14-24(27-16(2)26-22)25-11-10-17-6-5-7-20(12-17)28-3/h5-9,12-15H,4,10-11H2,1-3H3,(H,25,26,27). The fraction of sp³-hybridized carbons (Fsp3) is 0.250. The second-order valence-electron chi connectivity index (χ2n) is 7.04. The zero-order chi connectivity index (χ0) is 20.2. The molecule has 148 valence electrons. The van der Waals surface area contributed by atoms with Crippen LogP contribution in [0.5, 0.6) is 5.75 Å². The summed E-state index contributed by atoms with van der Waals surface area (Å²) in [6, 6.07) is 16.3. The molecule has 4 aromatic rings. The van der Waals surface area contributed by atoms with Crippen LogP contribution in [0, 0.1) is 6.92 Å². The van der Waals surface area contributed by atoms with Gasteiger partial charge in [0, 0.05) is 23.6 Å². The number of aromatic nitrogens is 2. The number of hydrogen-bond acceptors (Lipinski definition) is 5. The first-order valence-electron chi connectivity index (χ1n) is 9.89. The summed E-state index contributed by atoms with van der Waals surface area (Å²) in [5, 5.41) is 4.57. The second kappa shape index (κ2) is 8.35. The predicted molar refractivity (Wildman–Crippen MR) is 117 cm³/mol. The van der Waals surface area contributed by atoms with E-state index >= 15 is 0 Å². The first-order valence-corrected chi connectivity index (χ1v) is 9.89. The first kappa shape index (κ1) is 19.0. The number of furan rings is 1. The molecule has 29 heavy (non-hydrogen) atoms. The molecule has 2 heterocycles. The van der Waals surface area contributed by atoms with Gasteiger partial charge in [-0.2, -0.15) is 0 Å². The maximum atomic E-state index is 5.64. The molecule has 0 bridgehead atoms. The Morgan fingerprint density at radius 3 is 2.79 bits per heavy atom. The van der Waals surface area contributed by atoms with Crippen molar-refractivity contribution in [3.8, 4) is 17.0 Å². The molecule has 0 atom stereocenters. The van der Waals surface area contributed by atoms with Gasteiger partial charge in [0.15, 0.2) is 0 Å². The maximum absolute atomic E-state index is 5.64. The van der Waals surface area contributed by atoms with E-state index in [9.17, 15) is 0 Å². The van der Waals surface area contributed by atoms with Crippen LogP contribution in [0.4, 0.5) is 5.82 Å². The minimum Gasteiger partial charge on any atom is -0.497 e. The third-order valence-electron chi connectivity index (χ3n) is 5.02. The lowest BCUT2D eigenvalue weighted by Gasteiger charge is -2.10. The third-order valence-corrected chi connectivity index (χ3v) is 5.02. The molecule has 0 saturated heterocycles. The quantitative estimate of drug-likeness (QED) is 0.458. The lowest BCUT2D eigenvalue weighted by Crippen LogP contribution is -2.08. The van der Waals surface area contributed by atoms with Crippen LogP contribution >= 0.6 is 0 Å². The average Bonchev–Trinajstić information content (AvgIpc) is 3.16. The Hall–Kier alpha value is -3.34. The highest BCUT2D eigenvalue weighted by atomic mass is 16.5. The number of benzene rings is 2. The van der Waals surface area contributed by atoms with Gasteiger partial charge < -0.3 is 14.5 Å². The Kier molecular flexibility index (Phi) is 5.47. The number of methoxy groups -OCH3 is 1. The summed E-state index contributed by atoms with van der Waals surface area (Å²) in [7, 11) is 1.69. The van der Waals surface area contributed by atoms with E-state index in [1.54, 1.807) is 7.11 Å². The highest BCUT2D eigenvalue weighted by Gasteiger charge is 2.09. The summed E-state index contributed by atoms with van der Waals surface area (Å²) < 4.78 is 10.9. The normalized spacial score (nSPS) is 11.0. The summed E-state index contributed by atoms with van der Waals surface area (Å²) in [4.78, 5) is 9.19. The molecule has 0 aliphatic heterocycles. The van der Waals surface area contributed by atoms with Crippen LogP contribution in [0.3, 0.4) is 0 Å². The number of anilines is 1. The van der Waals surface area contributed by atoms with Crippen LogP contribution < -0.4 is 10.1 Å². The van der Waals surface area contributed by atoms with Crippen molar-refractivity contribution in [1.82, 2.24) is 9.97 Å². The van der Waals surface area contributed by atoms with Crippen molar-refractivity contribution in [3.05, 3.63) is 71.7 Å². The van der Waals surface area contributed by atoms with E-state index in [1.165, 1.54) is 11.1 Å². The van der Waals surface area contributed by atoms with Crippen molar-refractivity contribution in [2.75, 3.05) is 19.0 Å². The molecule has 0 fully saturated rings. The van der Waals surface area contributed by atoms with Crippen molar-refractivity contribution in [1.29, 1.82) is 0 Å². The third kappa shape index (κ3) is 4.24. The molecule has 4 rings (SSSR count). The van der Waals surface area contributed by atoms with E-state index in [0.29, 0.717) is 0 Å². The largest absolute Gasteiger partial charge is 0.497 e. The van der Waals surface area contributed by atoms with E-state index in [-0.39, 0.29) is 0 Å². The van der Waals surface area contributed by atoms with Crippen LogP contribution in [0.1, 0.15) is 23.9 Å². The predicted octanol–water partition coefficient (Wildman–Crippen LogP) is 5.42. The monoisotopic (exact) mass is 387 g/mol. The van der Waals surface area contributed by atoms with Gasteiger partial charge in [0.2, 0.25) is 0 Å². The molecule has 5 nitrogen and oxygen atoms in total. The van der Waals surface area contributed by atoms with Crippen molar-refractivity contribution in [2.24, 2.45) is 0 Å². The Morgan fingerprint density at radius 2 is 1.97 bits per heavy atom. The molecule has 2 aromatic heterocycles. The molecule has 0 spiro atoms. The molecule has 0 amide bonds. The van der Waals surface area contributed by atoms with Crippen molar-refractivity contribution in [2.45, 2.75) is 26.7 Å². The molecule has 0 aliphatic carbocycles. The first-order chi connectivity index (χ1) is 14.2. The highest BCUT2D eigenvalue weighted by Crippen LogP contribution is 2.28. The number of ether oxygens (including phenoxy) is 1. The number of nitrogens with zero attached hydrogens (tertiary/aromatic N) is 2. The molecule has 1 N–H and O–H groups in total. The zero-order valence-electron chi connectivity index (χ0n) is 17.0. The molecule has 0 saturated carbocycles. The van der Waals surface area contributed by atoms with E-state index in [2.05, 4.69) is 40.4 Å². The lowest BCUT2D eigenvalue weighted by atomic mass is 10.1. The van der Waals surface area contributed by atoms with E-state index < -0.39 is 0 Å². The van der Waals surface area contributed by atoms with Crippen molar-refractivity contribution in [3.63, 3.8) is 0 Å². The van der Waals surface area contributed by atoms with Crippen LogP contribution in [0.2, 0.25) is 0 Å². The van der Waals surface area contributed by atoms with Gasteiger partial charge in [-0.3, -0.25) is 0 Å². The van der Waals surface area contributed by atoms with Gasteiger partial charge >= 0.3 is 0 Å². The molecule has 0 unspecified atom stereocenters. The molecule has 0 radical (unpaired) electrons. The van der Waals surface area contributed by atoms with Crippen LogP contribution in [-0.4, -0.2) is 23.6 Å². The van der Waals surface area contributed by atoms with Gasteiger partial charge in [-0.25, -0.2) is 9.97 Å². The van der Waals surface area contributed by atoms with Gasteiger partial charge in [0.25, 0.3) is 0 Å². The summed E-state index contributed by atoms with van der Waals surface area (Å²) in [6.07, 6.45) is 3.66. The highest BCUT2D eigenvalue weighted by molar-refractivity contribution is 5.86. The number of fused-ring (bicyclic) bond motifs is 1. The fourth-order valence-corrected chi connectivity index (χ4v) is 3.48. The Bertz CT molecular complexity index is 1130. The van der Waals surface area contributed by atoms with E-state index in [0.717, 1.165) is 59.0 Å². The number of rotatable bonds is 7. The maximum Gasteiger partial charge on any atom is 0.134 e. The van der Waals surface area contributed by atoms with Gasteiger partial charge in [0.05, 0.1) is 19.1 Å². The van der Waals surface area contributed by atoms with E-state index in [4.69, 9.17) is 9.15 Å². The number of nitrogens with one attached hydrogen (secondary N) is 1. The number of aryl methyl sites for hydroxylation is 2. The summed E-state index contributed by atoms with van der Waals surface area (Å²) >= 11 is 0. The minimum atomic E-state index is 0.745. The SMILES string of the molecule is CCc1coc2ccc(-c3cc(NCCc4cccc(OC)c4)nc(C)n3)cc12. The van der Waals surface area contributed by atoms with Gasteiger partial charge in [0.1, 0.15) is 23.0 Å². The average molecular weight is 387 g/mol. The smallest absolute Gasteiger partial charge is 0.134 e. The lowest BCUT2D eigenvalue weighted by molar-refractivity contribution is 0.414.